The van der Waals surface area contributed by atoms with Crippen molar-refractivity contribution in [3.8, 4) is 0 Å². The minimum absolute atomic E-state index is 0.460. The topological polar surface area (TPSA) is 32.7 Å². The van der Waals surface area contributed by atoms with Gasteiger partial charge in [-0.1, -0.05) is 0 Å². The van der Waals surface area contributed by atoms with Crippen LogP contribution in [0.15, 0.2) is 0 Å². The molecule has 0 amide bonds. The molecular formula is C7H14NO2. The maximum atomic E-state index is 8.91. The normalized spacial score (nSPS) is 24.6. The first-order chi connectivity index (χ1) is 4.79. The Bertz CT molecular complexity index is 89.6. The van der Waals surface area contributed by atoms with E-state index in [0.717, 1.165) is 26.3 Å². The van der Waals surface area contributed by atoms with Crippen LogP contribution in [0.5, 0.6) is 0 Å². The number of β-amino-alcohol motifs (C(OH)–C–C–N with tert-alkyl or cyclic N) is 1. The molecule has 1 heterocycles. The molecule has 0 unspecified atom stereocenters. The highest BCUT2D eigenvalue weighted by molar-refractivity contribution is 4.67. The Labute approximate surface area is 61.6 Å². The summed E-state index contributed by atoms with van der Waals surface area (Å²) in [5.74, 6) is 0. The lowest BCUT2D eigenvalue weighted by Gasteiger charge is -2.27. The van der Waals surface area contributed by atoms with Crippen molar-refractivity contribution in [1.29, 1.82) is 0 Å². The summed E-state index contributed by atoms with van der Waals surface area (Å²) in [5.41, 5.74) is 0. The first-order valence-corrected chi connectivity index (χ1v) is 3.60. The van der Waals surface area contributed by atoms with Crippen LogP contribution in [-0.2, 0) is 4.74 Å². The molecule has 1 aliphatic rings. The SMILES string of the molecule is [CH2][C@H](O)CN1CCOCC1. The Hall–Kier alpha value is -0.120. The molecule has 1 radical (unpaired) electrons. The van der Waals surface area contributed by atoms with Crippen molar-refractivity contribution in [1.82, 2.24) is 4.90 Å². The summed E-state index contributed by atoms with van der Waals surface area (Å²) < 4.78 is 5.14. The van der Waals surface area contributed by atoms with E-state index in [9.17, 15) is 0 Å². The third-order valence-electron chi connectivity index (χ3n) is 1.57. The quantitative estimate of drug-likeness (QED) is 0.568. The van der Waals surface area contributed by atoms with Crippen molar-refractivity contribution in [3.63, 3.8) is 0 Å². The van der Waals surface area contributed by atoms with Gasteiger partial charge in [0.2, 0.25) is 0 Å². The molecule has 0 bridgehead atoms. The van der Waals surface area contributed by atoms with Crippen molar-refractivity contribution < 1.29 is 9.84 Å². The second-order valence-electron chi connectivity index (χ2n) is 2.57. The molecule has 0 aromatic carbocycles. The number of aliphatic hydroxyl groups is 1. The van der Waals surface area contributed by atoms with Crippen molar-refractivity contribution in [2.75, 3.05) is 32.8 Å². The molecule has 1 fully saturated rings. The number of hydrogen-bond donors (Lipinski definition) is 1. The first-order valence-electron chi connectivity index (χ1n) is 3.60. The lowest BCUT2D eigenvalue weighted by atomic mass is 10.3. The molecule has 0 aliphatic carbocycles. The molecule has 10 heavy (non-hydrogen) atoms. The van der Waals surface area contributed by atoms with Crippen LogP contribution in [0.1, 0.15) is 0 Å². The van der Waals surface area contributed by atoms with Gasteiger partial charge in [-0.15, -0.1) is 0 Å². The number of rotatable bonds is 2. The third-order valence-corrected chi connectivity index (χ3v) is 1.57. The van der Waals surface area contributed by atoms with E-state index in [4.69, 9.17) is 9.84 Å². The maximum Gasteiger partial charge on any atom is 0.0668 e. The van der Waals surface area contributed by atoms with Crippen LogP contribution in [-0.4, -0.2) is 49.0 Å². The van der Waals surface area contributed by atoms with Gasteiger partial charge in [-0.05, 0) is 6.92 Å². The third kappa shape index (κ3) is 2.64. The number of morpholine rings is 1. The Morgan fingerprint density at radius 3 is 2.60 bits per heavy atom. The summed E-state index contributed by atoms with van der Waals surface area (Å²) in [6, 6.07) is 0. The summed E-state index contributed by atoms with van der Waals surface area (Å²) >= 11 is 0. The summed E-state index contributed by atoms with van der Waals surface area (Å²) in [4.78, 5) is 2.15. The predicted molar refractivity (Wildman–Crippen MR) is 38.6 cm³/mol. The minimum atomic E-state index is -0.460. The average Bonchev–Trinajstić information content (AvgIpc) is 1.88. The van der Waals surface area contributed by atoms with E-state index < -0.39 is 6.10 Å². The molecule has 59 valence electrons. The maximum absolute atomic E-state index is 8.91. The van der Waals surface area contributed by atoms with Gasteiger partial charge in [0.25, 0.3) is 0 Å². The fourth-order valence-corrected chi connectivity index (χ4v) is 1.08. The van der Waals surface area contributed by atoms with Crippen LogP contribution < -0.4 is 0 Å². The van der Waals surface area contributed by atoms with Gasteiger partial charge in [0.1, 0.15) is 0 Å². The van der Waals surface area contributed by atoms with Crippen molar-refractivity contribution in [2.24, 2.45) is 0 Å². The van der Waals surface area contributed by atoms with Crippen LogP contribution in [0.4, 0.5) is 0 Å². The molecule has 1 N–H and O–H groups in total. The highest BCUT2D eigenvalue weighted by Gasteiger charge is 2.11. The van der Waals surface area contributed by atoms with Gasteiger partial charge >= 0.3 is 0 Å². The summed E-state index contributed by atoms with van der Waals surface area (Å²) in [6.45, 7) is 7.59. The molecule has 1 atom stereocenters. The molecule has 3 nitrogen and oxygen atoms in total. The second kappa shape index (κ2) is 3.91. The summed E-state index contributed by atoms with van der Waals surface area (Å²) in [7, 11) is 0. The van der Waals surface area contributed by atoms with Crippen molar-refractivity contribution >= 4 is 0 Å². The molecule has 1 aliphatic heterocycles. The van der Waals surface area contributed by atoms with Gasteiger partial charge < -0.3 is 9.84 Å². The lowest BCUT2D eigenvalue weighted by molar-refractivity contribution is 0.0219. The summed E-state index contributed by atoms with van der Waals surface area (Å²) in [6.07, 6.45) is -0.460. The van der Waals surface area contributed by atoms with Gasteiger partial charge in [-0.3, -0.25) is 4.90 Å². The van der Waals surface area contributed by atoms with Crippen molar-refractivity contribution in [3.05, 3.63) is 6.92 Å². The standard InChI is InChI=1S/C7H14NO2/c1-7(9)6-8-2-4-10-5-3-8/h7,9H,1-6H2/t7-/m0/s1. The Balaban J connectivity index is 2.13. The van der Waals surface area contributed by atoms with Crippen LogP contribution in [0.25, 0.3) is 0 Å². The van der Waals surface area contributed by atoms with Gasteiger partial charge in [0, 0.05) is 19.6 Å². The Kier molecular flexibility index (Phi) is 3.12. The zero-order chi connectivity index (χ0) is 7.40. The average molecular weight is 144 g/mol. The number of hydrogen-bond acceptors (Lipinski definition) is 3. The molecule has 0 aromatic rings. The van der Waals surface area contributed by atoms with E-state index in [2.05, 4.69) is 11.8 Å². The van der Waals surface area contributed by atoms with E-state index in [-0.39, 0.29) is 0 Å². The van der Waals surface area contributed by atoms with Gasteiger partial charge in [-0.2, -0.15) is 0 Å². The molecule has 0 spiro atoms. The first kappa shape index (κ1) is 7.98. The monoisotopic (exact) mass is 144 g/mol. The van der Waals surface area contributed by atoms with Crippen LogP contribution in [0.2, 0.25) is 0 Å². The molecule has 0 saturated carbocycles. The van der Waals surface area contributed by atoms with E-state index in [1.807, 2.05) is 0 Å². The molecule has 1 rings (SSSR count). The summed E-state index contributed by atoms with van der Waals surface area (Å²) in [5, 5.41) is 8.91. The zero-order valence-electron chi connectivity index (χ0n) is 6.12. The van der Waals surface area contributed by atoms with Crippen LogP contribution >= 0.6 is 0 Å². The highest BCUT2D eigenvalue weighted by Crippen LogP contribution is 1.97. The van der Waals surface area contributed by atoms with Gasteiger partial charge in [0.15, 0.2) is 0 Å². The largest absolute Gasteiger partial charge is 0.392 e. The smallest absolute Gasteiger partial charge is 0.0668 e. The minimum Gasteiger partial charge on any atom is -0.392 e. The molecule has 1 saturated heterocycles. The number of ether oxygens (including phenoxy) is 1. The highest BCUT2D eigenvalue weighted by atomic mass is 16.5. The number of nitrogens with zero attached hydrogens (tertiary/aromatic N) is 1. The fourth-order valence-electron chi connectivity index (χ4n) is 1.08. The zero-order valence-corrected chi connectivity index (χ0v) is 6.12. The van der Waals surface area contributed by atoms with E-state index in [1.54, 1.807) is 0 Å². The Morgan fingerprint density at radius 1 is 1.50 bits per heavy atom. The van der Waals surface area contributed by atoms with Crippen LogP contribution in [0, 0.1) is 6.92 Å². The van der Waals surface area contributed by atoms with Gasteiger partial charge in [-0.25, -0.2) is 0 Å². The molecular weight excluding hydrogens is 130 g/mol. The predicted octanol–water partition coefficient (Wildman–Crippen LogP) is -0.486. The Morgan fingerprint density at radius 2 is 2.10 bits per heavy atom. The van der Waals surface area contributed by atoms with Crippen LogP contribution in [0.3, 0.4) is 0 Å². The van der Waals surface area contributed by atoms with Gasteiger partial charge in [0.05, 0.1) is 19.3 Å². The van der Waals surface area contributed by atoms with E-state index >= 15 is 0 Å². The van der Waals surface area contributed by atoms with E-state index in [0.29, 0.717) is 6.54 Å². The molecule has 0 aromatic heterocycles. The fraction of sp³-hybridized carbons (Fsp3) is 0.857. The van der Waals surface area contributed by atoms with Crippen molar-refractivity contribution in [2.45, 2.75) is 6.10 Å². The second-order valence-corrected chi connectivity index (χ2v) is 2.57. The lowest BCUT2D eigenvalue weighted by Crippen LogP contribution is -2.40. The number of aliphatic hydroxyl groups excluding tert-OH is 1. The van der Waals surface area contributed by atoms with E-state index in [1.165, 1.54) is 0 Å². The molecule has 3 heteroatoms.